The van der Waals surface area contributed by atoms with Gasteiger partial charge >= 0.3 is 5.97 Å². The molecule has 5 heteroatoms. The number of nitrogens with one attached hydrogen (secondary N) is 1. The zero-order valence-electron chi connectivity index (χ0n) is 8.03. The van der Waals surface area contributed by atoms with Crippen LogP contribution in [-0.2, 0) is 9.47 Å². The first-order valence-corrected chi connectivity index (χ1v) is 4.26. The van der Waals surface area contributed by atoms with Crippen molar-refractivity contribution < 1.29 is 14.3 Å². The van der Waals surface area contributed by atoms with Gasteiger partial charge in [-0.05, 0) is 6.07 Å². The van der Waals surface area contributed by atoms with E-state index in [-0.39, 0.29) is 13.2 Å². The third-order valence-corrected chi connectivity index (χ3v) is 1.59. The number of H-pyrrole nitrogens is 1. The number of hydrogen-bond donors (Lipinski definition) is 1. The minimum atomic E-state index is -0.486. The van der Waals surface area contributed by atoms with Gasteiger partial charge in [0.15, 0.2) is 0 Å². The van der Waals surface area contributed by atoms with E-state index in [2.05, 4.69) is 11.6 Å². The minimum Gasteiger partial charge on any atom is -0.498 e. The highest BCUT2D eigenvalue weighted by molar-refractivity contribution is 5.89. The summed E-state index contributed by atoms with van der Waals surface area (Å²) < 4.78 is 9.62. The maximum absolute atomic E-state index is 11.3. The lowest BCUT2D eigenvalue weighted by atomic mass is 10.3. The van der Waals surface area contributed by atoms with Crippen LogP contribution in [0.25, 0.3) is 0 Å². The molecule has 0 fully saturated rings. The van der Waals surface area contributed by atoms with Crippen molar-refractivity contribution in [3.05, 3.63) is 36.4 Å². The minimum absolute atomic E-state index is 0.151. The van der Waals surface area contributed by atoms with Crippen LogP contribution in [0.2, 0.25) is 0 Å². The van der Waals surface area contributed by atoms with Gasteiger partial charge in [0.25, 0.3) is 0 Å². The Kier molecular flexibility index (Phi) is 3.98. The van der Waals surface area contributed by atoms with Crippen LogP contribution in [0.15, 0.2) is 25.1 Å². The summed E-state index contributed by atoms with van der Waals surface area (Å²) in [6.45, 7) is 3.77. The maximum atomic E-state index is 11.3. The van der Waals surface area contributed by atoms with Crippen LogP contribution >= 0.6 is 0 Å². The first kappa shape index (κ1) is 10.9. The molecule has 1 N–H and O–H groups in total. The molecule has 0 aliphatic carbocycles. The maximum Gasteiger partial charge on any atom is 0.339 e. The Labute approximate surface area is 86.9 Å². The van der Waals surface area contributed by atoms with Crippen LogP contribution in [0.1, 0.15) is 16.1 Å². The Bertz CT molecular complexity index is 390. The number of nitriles is 1. The Morgan fingerprint density at radius 1 is 1.67 bits per heavy atom. The molecule has 0 amide bonds. The molecule has 5 nitrogen and oxygen atoms in total. The smallest absolute Gasteiger partial charge is 0.339 e. The van der Waals surface area contributed by atoms with Gasteiger partial charge < -0.3 is 14.5 Å². The highest BCUT2D eigenvalue weighted by Gasteiger charge is 2.08. The van der Waals surface area contributed by atoms with E-state index in [0.717, 1.165) is 0 Å². The normalized spacial score (nSPS) is 9.00. The summed E-state index contributed by atoms with van der Waals surface area (Å²) in [6, 6.07) is 3.30. The second kappa shape index (κ2) is 5.50. The monoisotopic (exact) mass is 206 g/mol. The van der Waals surface area contributed by atoms with Gasteiger partial charge in [0.2, 0.25) is 0 Å². The average molecular weight is 206 g/mol. The van der Waals surface area contributed by atoms with E-state index >= 15 is 0 Å². The third kappa shape index (κ3) is 3.19. The van der Waals surface area contributed by atoms with E-state index in [1.165, 1.54) is 18.5 Å². The molecule has 0 bridgehead atoms. The van der Waals surface area contributed by atoms with E-state index in [1.54, 1.807) is 0 Å². The summed E-state index contributed by atoms with van der Waals surface area (Å²) in [6.07, 6.45) is 2.70. The molecule has 1 aromatic heterocycles. The van der Waals surface area contributed by atoms with Gasteiger partial charge in [0.1, 0.15) is 25.0 Å². The molecule has 0 radical (unpaired) electrons. The molecule has 15 heavy (non-hydrogen) atoms. The third-order valence-electron chi connectivity index (χ3n) is 1.59. The molecule has 0 aliphatic rings. The number of hydrogen-bond acceptors (Lipinski definition) is 4. The summed E-state index contributed by atoms with van der Waals surface area (Å²) in [5.41, 5.74) is 0.648. The molecule has 0 saturated carbocycles. The van der Waals surface area contributed by atoms with Crippen LogP contribution in [0, 0.1) is 11.3 Å². The van der Waals surface area contributed by atoms with E-state index in [0.29, 0.717) is 11.3 Å². The second-order valence-corrected chi connectivity index (χ2v) is 2.59. The lowest BCUT2D eigenvalue weighted by Gasteiger charge is -2.02. The molecular formula is C10H10N2O3. The van der Waals surface area contributed by atoms with Crippen molar-refractivity contribution in [2.24, 2.45) is 0 Å². The van der Waals surface area contributed by atoms with E-state index in [9.17, 15) is 4.79 Å². The topological polar surface area (TPSA) is 75.1 Å². The predicted molar refractivity (Wildman–Crippen MR) is 51.9 cm³/mol. The number of carbonyl (C=O) groups is 1. The Balaban J connectivity index is 2.40. The molecule has 0 saturated heterocycles. The summed E-state index contributed by atoms with van der Waals surface area (Å²) in [5.74, 6) is -0.486. The van der Waals surface area contributed by atoms with Crippen LogP contribution in [-0.4, -0.2) is 24.2 Å². The largest absolute Gasteiger partial charge is 0.498 e. The first-order valence-electron chi connectivity index (χ1n) is 4.26. The van der Waals surface area contributed by atoms with Crippen molar-refractivity contribution in [3.8, 4) is 6.07 Å². The fourth-order valence-corrected chi connectivity index (χ4v) is 0.926. The summed E-state index contributed by atoms with van der Waals surface area (Å²) in [7, 11) is 0. The molecule has 1 rings (SSSR count). The van der Waals surface area contributed by atoms with Crippen molar-refractivity contribution in [3.63, 3.8) is 0 Å². The molecule has 0 aliphatic heterocycles. The highest BCUT2D eigenvalue weighted by Crippen LogP contribution is 2.03. The molecule has 0 atom stereocenters. The number of nitrogens with zero attached hydrogens (tertiary/aromatic N) is 1. The van der Waals surface area contributed by atoms with Crippen molar-refractivity contribution in [2.75, 3.05) is 13.2 Å². The van der Waals surface area contributed by atoms with Gasteiger partial charge in [-0.15, -0.1) is 0 Å². The number of esters is 1. The molecule has 0 unspecified atom stereocenters. The quantitative estimate of drug-likeness (QED) is 0.446. The fraction of sp³-hybridized carbons (Fsp3) is 0.200. The number of ether oxygens (including phenoxy) is 2. The average Bonchev–Trinajstić information content (AvgIpc) is 2.72. The summed E-state index contributed by atoms with van der Waals surface area (Å²) >= 11 is 0. The number of aromatic nitrogens is 1. The summed E-state index contributed by atoms with van der Waals surface area (Å²) in [4.78, 5) is 13.9. The van der Waals surface area contributed by atoms with Gasteiger partial charge in [-0.25, -0.2) is 4.79 Å². The molecule has 1 heterocycles. The Hall–Kier alpha value is -2.22. The van der Waals surface area contributed by atoms with Crippen LogP contribution in [0.3, 0.4) is 0 Å². The number of rotatable bonds is 5. The SMILES string of the molecule is C=COCCOC(=O)c1c[nH]c(C#N)c1. The molecule has 78 valence electrons. The van der Waals surface area contributed by atoms with E-state index in [4.69, 9.17) is 14.7 Å². The Morgan fingerprint density at radius 3 is 3.07 bits per heavy atom. The molecule has 0 spiro atoms. The summed E-state index contributed by atoms with van der Waals surface area (Å²) in [5, 5.41) is 8.51. The van der Waals surface area contributed by atoms with Gasteiger partial charge in [-0.1, -0.05) is 6.58 Å². The van der Waals surface area contributed by atoms with Crippen LogP contribution in [0.5, 0.6) is 0 Å². The van der Waals surface area contributed by atoms with E-state index in [1.807, 2.05) is 6.07 Å². The van der Waals surface area contributed by atoms with Crippen LogP contribution in [0.4, 0.5) is 0 Å². The van der Waals surface area contributed by atoms with Crippen molar-refractivity contribution in [1.29, 1.82) is 5.26 Å². The van der Waals surface area contributed by atoms with Gasteiger partial charge in [-0.2, -0.15) is 5.26 Å². The highest BCUT2D eigenvalue weighted by atomic mass is 16.6. The fourth-order valence-electron chi connectivity index (χ4n) is 0.926. The predicted octanol–water partition coefficient (Wildman–Crippen LogP) is 1.20. The zero-order chi connectivity index (χ0) is 11.1. The number of aromatic amines is 1. The lowest BCUT2D eigenvalue weighted by molar-refractivity contribution is 0.0421. The van der Waals surface area contributed by atoms with Gasteiger partial charge in [0.05, 0.1) is 11.8 Å². The Morgan fingerprint density at radius 2 is 2.47 bits per heavy atom. The second-order valence-electron chi connectivity index (χ2n) is 2.59. The van der Waals surface area contributed by atoms with Crippen molar-refractivity contribution >= 4 is 5.97 Å². The van der Waals surface area contributed by atoms with Crippen molar-refractivity contribution in [2.45, 2.75) is 0 Å². The standard InChI is InChI=1S/C10H10N2O3/c1-2-14-3-4-15-10(13)8-5-9(6-11)12-7-8/h2,5,7,12H,1,3-4H2. The lowest BCUT2D eigenvalue weighted by Crippen LogP contribution is -2.08. The van der Waals surface area contributed by atoms with Gasteiger partial charge in [0, 0.05) is 6.20 Å². The van der Waals surface area contributed by atoms with Crippen molar-refractivity contribution in [1.82, 2.24) is 4.98 Å². The van der Waals surface area contributed by atoms with E-state index < -0.39 is 5.97 Å². The van der Waals surface area contributed by atoms with Crippen LogP contribution < -0.4 is 0 Å². The number of carbonyl (C=O) groups excluding carboxylic acids is 1. The van der Waals surface area contributed by atoms with Gasteiger partial charge in [-0.3, -0.25) is 0 Å². The molecule has 0 aromatic carbocycles. The molecule has 1 aromatic rings. The first-order chi connectivity index (χ1) is 7.27. The molecular weight excluding hydrogens is 196 g/mol. The zero-order valence-corrected chi connectivity index (χ0v) is 8.03.